The van der Waals surface area contributed by atoms with Gasteiger partial charge in [0.25, 0.3) is 5.56 Å². The van der Waals surface area contributed by atoms with Gasteiger partial charge in [0.15, 0.2) is 0 Å². The molecule has 0 radical (unpaired) electrons. The van der Waals surface area contributed by atoms with E-state index in [0.717, 1.165) is 48.2 Å². The van der Waals surface area contributed by atoms with E-state index in [2.05, 4.69) is 14.9 Å². The fourth-order valence-corrected chi connectivity index (χ4v) is 5.12. The second-order valence-electron chi connectivity index (χ2n) is 8.82. The van der Waals surface area contributed by atoms with Gasteiger partial charge in [0, 0.05) is 49.9 Å². The highest BCUT2D eigenvalue weighted by Gasteiger charge is 2.27. The molecule has 1 atom stereocenters. The Hall–Kier alpha value is -3.46. The van der Waals surface area contributed by atoms with Crippen molar-refractivity contribution in [2.45, 2.75) is 45.8 Å². The first kappa shape index (κ1) is 21.4. The molecule has 0 unspecified atom stereocenters. The SMILES string of the molecule is CCn1c(N2CCC[C@@H](N)C2)c(C)c2c1c(=O)n(Cc1ncc3ccccc3n1)c(=O)n2C. The molecule has 4 aromatic rings. The van der Waals surface area contributed by atoms with Crippen molar-refractivity contribution in [3.05, 3.63) is 62.7 Å². The van der Waals surface area contributed by atoms with Crippen molar-refractivity contribution < 1.29 is 0 Å². The first-order valence-corrected chi connectivity index (χ1v) is 11.4. The van der Waals surface area contributed by atoms with E-state index in [1.165, 1.54) is 4.57 Å². The number of nitrogens with zero attached hydrogens (tertiary/aromatic N) is 6. The number of hydrogen-bond acceptors (Lipinski definition) is 6. The zero-order valence-corrected chi connectivity index (χ0v) is 19.3. The number of hydrogen-bond donors (Lipinski definition) is 1. The molecule has 3 aromatic heterocycles. The minimum atomic E-state index is -0.373. The molecule has 1 aromatic carbocycles. The second-order valence-corrected chi connectivity index (χ2v) is 8.82. The van der Waals surface area contributed by atoms with Gasteiger partial charge in [0.2, 0.25) is 0 Å². The first-order chi connectivity index (χ1) is 15.9. The number of fused-ring (bicyclic) bond motifs is 2. The van der Waals surface area contributed by atoms with E-state index in [1.54, 1.807) is 17.8 Å². The van der Waals surface area contributed by atoms with Crippen LogP contribution in [0.3, 0.4) is 0 Å². The maximum Gasteiger partial charge on any atom is 0.331 e. The Bertz CT molecular complexity index is 1480. The summed E-state index contributed by atoms with van der Waals surface area (Å²) in [6.45, 7) is 6.27. The third-order valence-corrected chi connectivity index (χ3v) is 6.65. The van der Waals surface area contributed by atoms with Crippen molar-refractivity contribution in [1.29, 1.82) is 0 Å². The van der Waals surface area contributed by atoms with Crippen molar-refractivity contribution in [3.63, 3.8) is 0 Å². The normalized spacial score (nSPS) is 16.7. The predicted molar refractivity (Wildman–Crippen MR) is 130 cm³/mol. The molecule has 0 aliphatic carbocycles. The number of aryl methyl sites for hydroxylation is 3. The van der Waals surface area contributed by atoms with Crippen LogP contribution in [0.4, 0.5) is 5.82 Å². The summed E-state index contributed by atoms with van der Waals surface area (Å²) in [5.41, 5.74) is 8.49. The van der Waals surface area contributed by atoms with Crippen LogP contribution in [0.15, 0.2) is 40.1 Å². The Morgan fingerprint density at radius 2 is 1.94 bits per heavy atom. The number of rotatable bonds is 4. The van der Waals surface area contributed by atoms with E-state index in [1.807, 2.05) is 42.7 Å². The largest absolute Gasteiger partial charge is 0.356 e. The van der Waals surface area contributed by atoms with Gasteiger partial charge in [-0.15, -0.1) is 0 Å². The number of benzene rings is 1. The molecule has 1 aliphatic heterocycles. The Morgan fingerprint density at radius 1 is 1.15 bits per heavy atom. The van der Waals surface area contributed by atoms with Crippen molar-refractivity contribution in [2.75, 3.05) is 18.0 Å². The lowest BCUT2D eigenvalue weighted by molar-refractivity contribution is 0.497. The predicted octanol–water partition coefficient (Wildman–Crippen LogP) is 1.75. The number of aromatic nitrogens is 5. The highest BCUT2D eigenvalue weighted by molar-refractivity contribution is 5.86. The molecule has 0 saturated carbocycles. The fourth-order valence-electron chi connectivity index (χ4n) is 5.12. The molecule has 0 amide bonds. The summed E-state index contributed by atoms with van der Waals surface area (Å²) in [5, 5.41) is 0.914. The number of para-hydroxylation sites is 1. The number of piperidine rings is 1. The van der Waals surface area contributed by atoms with E-state index in [-0.39, 0.29) is 23.8 Å². The van der Waals surface area contributed by atoms with Crippen molar-refractivity contribution in [1.82, 2.24) is 23.7 Å². The molecular formula is C24H29N7O2. The summed E-state index contributed by atoms with van der Waals surface area (Å²) in [6, 6.07) is 7.76. The smallest absolute Gasteiger partial charge is 0.331 e. The Morgan fingerprint density at radius 3 is 2.70 bits per heavy atom. The van der Waals surface area contributed by atoms with Crippen LogP contribution in [0.25, 0.3) is 21.9 Å². The molecule has 9 heteroatoms. The van der Waals surface area contributed by atoms with Crippen molar-refractivity contribution in [2.24, 2.45) is 12.8 Å². The molecule has 5 rings (SSSR count). The lowest BCUT2D eigenvalue weighted by Gasteiger charge is -2.33. The number of anilines is 1. The van der Waals surface area contributed by atoms with Gasteiger partial charge in [0.05, 0.1) is 17.6 Å². The molecule has 0 spiro atoms. The van der Waals surface area contributed by atoms with Crippen molar-refractivity contribution >= 4 is 27.8 Å². The monoisotopic (exact) mass is 447 g/mol. The molecule has 1 fully saturated rings. The quantitative estimate of drug-likeness (QED) is 0.511. The summed E-state index contributed by atoms with van der Waals surface area (Å²) in [5.74, 6) is 1.41. The zero-order chi connectivity index (χ0) is 23.3. The second kappa shape index (κ2) is 8.15. The topological polar surface area (TPSA) is 104 Å². The van der Waals surface area contributed by atoms with E-state index in [4.69, 9.17) is 5.73 Å². The van der Waals surface area contributed by atoms with Crippen LogP contribution in [0.1, 0.15) is 31.2 Å². The number of nitrogens with two attached hydrogens (primary N) is 1. The minimum Gasteiger partial charge on any atom is -0.356 e. The fraction of sp³-hybridized carbons (Fsp3) is 0.417. The maximum absolute atomic E-state index is 13.7. The first-order valence-electron chi connectivity index (χ1n) is 11.4. The van der Waals surface area contributed by atoms with Gasteiger partial charge in [-0.3, -0.25) is 13.9 Å². The van der Waals surface area contributed by atoms with Crippen LogP contribution in [-0.2, 0) is 20.1 Å². The Balaban J connectivity index is 1.69. The highest BCUT2D eigenvalue weighted by Crippen LogP contribution is 2.31. The molecule has 1 saturated heterocycles. The highest BCUT2D eigenvalue weighted by atomic mass is 16.2. The van der Waals surface area contributed by atoms with Crippen LogP contribution in [0.5, 0.6) is 0 Å². The molecule has 0 bridgehead atoms. The average molecular weight is 448 g/mol. The van der Waals surface area contributed by atoms with Crippen LogP contribution in [0, 0.1) is 6.92 Å². The lowest BCUT2D eigenvalue weighted by atomic mass is 10.1. The molecule has 1 aliphatic rings. The molecular weight excluding hydrogens is 418 g/mol. The molecule has 9 nitrogen and oxygen atoms in total. The zero-order valence-electron chi connectivity index (χ0n) is 19.3. The molecule has 2 N–H and O–H groups in total. The van der Waals surface area contributed by atoms with Gasteiger partial charge in [-0.1, -0.05) is 18.2 Å². The Labute approximate surface area is 191 Å². The van der Waals surface area contributed by atoms with Gasteiger partial charge >= 0.3 is 5.69 Å². The van der Waals surface area contributed by atoms with E-state index in [0.29, 0.717) is 23.4 Å². The summed E-state index contributed by atoms with van der Waals surface area (Å²) in [7, 11) is 1.72. The van der Waals surface area contributed by atoms with Crippen molar-refractivity contribution in [3.8, 4) is 0 Å². The van der Waals surface area contributed by atoms with Gasteiger partial charge in [0.1, 0.15) is 17.2 Å². The summed E-state index contributed by atoms with van der Waals surface area (Å²) < 4.78 is 4.85. The third kappa shape index (κ3) is 3.43. The summed E-state index contributed by atoms with van der Waals surface area (Å²) in [6.07, 6.45) is 3.73. The van der Waals surface area contributed by atoms with Gasteiger partial charge in [-0.2, -0.15) is 0 Å². The molecule has 33 heavy (non-hydrogen) atoms. The lowest BCUT2D eigenvalue weighted by Crippen LogP contribution is -2.44. The van der Waals surface area contributed by atoms with Crippen LogP contribution in [-0.4, -0.2) is 42.8 Å². The van der Waals surface area contributed by atoms with Crippen LogP contribution < -0.4 is 21.9 Å². The standard InChI is InChI=1S/C24H29N7O2/c1-4-30-21-20(15(2)22(30)29-11-7-9-17(25)13-29)28(3)24(33)31(23(21)32)14-19-26-12-16-8-5-6-10-18(16)27-19/h5-6,8,10,12,17H,4,7,9,11,13-14,25H2,1-3H3/t17-/m1/s1. The van der Waals surface area contributed by atoms with E-state index >= 15 is 0 Å². The van der Waals surface area contributed by atoms with Crippen LogP contribution in [0.2, 0.25) is 0 Å². The summed E-state index contributed by atoms with van der Waals surface area (Å²) >= 11 is 0. The van der Waals surface area contributed by atoms with Gasteiger partial charge in [-0.25, -0.2) is 14.8 Å². The molecule has 4 heterocycles. The van der Waals surface area contributed by atoms with E-state index in [9.17, 15) is 9.59 Å². The van der Waals surface area contributed by atoms with E-state index < -0.39 is 0 Å². The average Bonchev–Trinajstić information content (AvgIpc) is 3.12. The summed E-state index contributed by atoms with van der Waals surface area (Å²) in [4.78, 5) is 38.2. The third-order valence-electron chi connectivity index (χ3n) is 6.65. The minimum absolute atomic E-state index is 0.0180. The maximum atomic E-state index is 13.7. The van der Waals surface area contributed by atoms with Gasteiger partial charge in [-0.05, 0) is 32.8 Å². The molecule has 172 valence electrons. The Kier molecular flexibility index (Phi) is 5.28. The van der Waals surface area contributed by atoms with Gasteiger partial charge < -0.3 is 15.2 Å². The van der Waals surface area contributed by atoms with Crippen LogP contribution >= 0.6 is 0 Å².